The molecule has 1 fully saturated rings. The molecule has 2 aromatic heterocycles. The topological polar surface area (TPSA) is 122 Å². The minimum atomic E-state index is -3.57. The number of rotatable bonds is 10. The highest BCUT2D eigenvalue weighted by Crippen LogP contribution is 2.34. The van der Waals surface area contributed by atoms with Gasteiger partial charge in [0.1, 0.15) is 11.5 Å². The first-order valence-corrected chi connectivity index (χ1v) is 11.7. The van der Waals surface area contributed by atoms with Crippen molar-refractivity contribution < 1.29 is 13.2 Å². The number of ether oxygens (including phenoxy) is 1. The third-order valence-corrected chi connectivity index (χ3v) is 6.48. The number of aromatic amines is 1. The van der Waals surface area contributed by atoms with Crippen molar-refractivity contribution >= 4 is 21.7 Å². The minimum absolute atomic E-state index is 0.181. The molecule has 1 saturated carbocycles. The molecule has 0 radical (unpaired) electrons. The summed E-state index contributed by atoms with van der Waals surface area (Å²) in [6.45, 7) is 2.47. The molecule has 0 saturated heterocycles. The van der Waals surface area contributed by atoms with E-state index in [4.69, 9.17) is 4.74 Å². The summed E-state index contributed by atoms with van der Waals surface area (Å²) in [6.07, 6.45) is 5.20. The summed E-state index contributed by atoms with van der Waals surface area (Å²) in [6, 6.07) is 8.27. The number of hydrogen-bond donors (Lipinski definition) is 3. The SMILES string of the molecule is COCCNS(=O)(=O)c1ccc(Nc2nccc(-c3nc(C)[nH]c3CC3CC3)n2)cc1. The van der Waals surface area contributed by atoms with Crippen molar-refractivity contribution in [3.05, 3.63) is 48.0 Å². The number of sulfonamides is 1. The summed E-state index contributed by atoms with van der Waals surface area (Å²) in [4.78, 5) is 17.1. The predicted molar refractivity (Wildman–Crippen MR) is 118 cm³/mol. The lowest BCUT2D eigenvalue weighted by Gasteiger charge is -2.09. The monoisotopic (exact) mass is 442 g/mol. The summed E-state index contributed by atoms with van der Waals surface area (Å²) in [7, 11) is -2.05. The van der Waals surface area contributed by atoms with Gasteiger partial charge in [-0.05, 0) is 62.4 Å². The minimum Gasteiger partial charge on any atom is -0.383 e. The number of anilines is 2. The van der Waals surface area contributed by atoms with Gasteiger partial charge in [-0.25, -0.2) is 28.1 Å². The first-order valence-electron chi connectivity index (χ1n) is 10.2. The van der Waals surface area contributed by atoms with Crippen molar-refractivity contribution in [1.29, 1.82) is 0 Å². The van der Waals surface area contributed by atoms with Crippen LogP contribution < -0.4 is 10.0 Å². The van der Waals surface area contributed by atoms with Crippen molar-refractivity contribution in [2.24, 2.45) is 5.92 Å². The molecule has 9 nitrogen and oxygen atoms in total. The Kier molecular flexibility index (Phi) is 6.30. The van der Waals surface area contributed by atoms with Gasteiger partial charge in [-0.3, -0.25) is 0 Å². The van der Waals surface area contributed by atoms with Crippen LogP contribution in [0.2, 0.25) is 0 Å². The molecule has 1 aliphatic rings. The smallest absolute Gasteiger partial charge is 0.240 e. The zero-order chi connectivity index (χ0) is 21.8. The number of aromatic nitrogens is 4. The average molecular weight is 443 g/mol. The van der Waals surface area contributed by atoms with Gasteiger partial charge in [-0.15, -0.1) is 0 Å². The molecule has 10 heteroatoms. The van der Waals surface area contributed by atoms with Crippen LogP contribution in [0.5, 0.6) is 0 Å². The fourth-order valence-electron chi connectivity index (χ4n) is 3.27. The maximum Gasteiger partial charge on any atom is 0.240 e. The van der Waals surface area contributed by atoms with Crippen LogP contribution in [0.1, 0.15) is 24.4 Å². The number of nitrogens with zero attached hydrogens (tertiary/aromatic N) is 3. The number of benzene rings is 1. The van der Waals surface area contributed by atoms with Crippen molar-refractivity contribution in [2.45, 2.75) is 31.1 Å². The molecule has 1 aliphatic carbocycles. The Morgan fingerprint density at radius 2 is 1.94 bits per heavy atom. The third kappa shape index (κ3) is 5.46. The van der Waals surface area contributed by atoms with Gasteiger partial charge in [-0.2, -0.15) is 0 Å². The quantitative estimate of drug-likeness (QED) is 0.413. The Labute approximate surface area is 181 Å². The molecular weight excluding hydrogens is 416 g/mol. The number of H-pyrrole nitrogens is 1. The largest absolute Gasteiger partial charge is 0.383 e. The number of hydrogen-bond acceptors (Lipinski definition) is 7. The molecule has 0 atom stereocenters. The first kappa shape index (κ1) is 21.4. The molecule has 2 heterocycles. The second-order valence-corrected chi connectivity index (χ2v) is 9.37. The maximum absolute atomic E-state index is 12.3. The highest BCUT2D eigenvalue weighted by Gasteiger charge is 2.25. The van der Waals surface area contributed by atoms with E-state index in [0.29, 0.717) is 18.2 Å². The lowest BCUT2D eigenvalue weighted by Crippen LogP contribution is -2.27. The van der Waals surface area contributed by atoms with Crippen LogP contribution in [0.25, 0.3) is 11.4 Å². The molecule has 3 aromatic rings. The normalized spacial score (nSPS) is 14.0. The summed E-state index contributed by atoms with van der Waals surface area (Å²) >= 11 is 0. The lowest BCUT2D eigenvalue weighted by molar-refractivity contribution is 0.204. The van der Waals surface area contributed by atoms with Crippen molar-refractivity contribution in [3.63, 3.8) is 0 Å². The van der Waals surface area contributed by atoms with Gasteiger partial charge >= 0.3 is 0 Å². The van der Waals surface area contributed by atoms with E-state index in [9.17, 15) is 8.42 Å². The molecular formula is C21H26N6O3S. The summed E-state index contributed by atoms with van der Waals surface area (Å²) in [5, 5.41) is 3.13. The molecule has 0 unspecified atom stereocenters. The molecule has 0 spiro atoms. The molecule has 0 bridgehead atoms. The molecule has 0 aliphatic heterocycles. The number of methoxy groups -OCH3 is 1. The van der Waals surface area contributed by atoms with Gasteiger partial charge in [0.2, 0.25) is 16.0 Å². The van der Waals surface area contributed by atoms with E-state index in [1.165, 1.54) is 32.1 Å². The van der Waals surface area contributed by atoms with E-state index in [0.717, 1.165) is 35.2 Å². The number of aryl methyl sites for hydroxylation is 1. The number of imidazole rings is 1. The van der Waals surface area contributed by atoms with Gasteiger partial charge in [0.15, 0.2) is 0 Å². The van der Waals surface area contributed by atoms with Gasteiger partial charge in [0.25, 0.3) is 0 Å². The van der Waals surface area contributed by atoms with Crippen LogP contribution in [0.3, 0.4) is 0 Å². The summed E-state index contributed by atoms with van der Waals surface area (Å²) < 4.78 is 31.9. The third-order valence-electron chi connectivity index (χ3n) is 5.00. The van der Waals surface area contributed by atoms with Crippen LogP contribution in [0.4, 0.5) is 11.6 Å². The van der Waals surface area contributed by atoms with E-state index >= 15 is 0 Å². The van der Waals surface area contributed by atoms with E-state index in [-0.39, 0.29) is 11.4 Å². The molecule has 1 aromatic carbocycles. The summed E-state index contributed by atoms with van der Waals surface area (Å²) in [5.74, 6) is 2.02. The van der Waals surface area contributed by atoms with Gasteiger partial charge in [-0.1, -0.05) is 0 Å². The zero-order valence-corrected chi connectivity index (χ0v) is 18.4. The van der Waals surface area contributed by atoms with Gasteiger partial charge in [0.05, 0.1) is 17.2 Å². The fourth-order valence-corrected chi connectivity index (χ4v) is 4.28. The Morgan fingerprint density at radius 1 is 1.16 bits per heavy atom. The standard InChI is InChI=1S/C21H26N6O3S/c1-14-24-19(13-15-3-4-15)20(25-14)18-9-10-22-21(27-18)26-16-5-7-17(8-6-16)31(28,29)23-11-12-30-2/h5-10,15,23H,3-4,11-13H2,1-2H3,(H,24,25)(H,22,26,27). The Morgan fingerprint density at radius 3 is 2.65 bits per heavy atom. The van der Waals surface area contributed by atoms with Crippen molar-refractivity contribution in [1.82, 2.24) is 24.7 Å². The van der Waals surface area contributed by atoms with Crippen LogP contribution >= 0.6 is 0 Å². The van der Waals surface area contributed by atoms with Crippen LogP contribution in [0, 0.1) is 12.8 Å². The van der Waals surface area contributed by atoms with E-state index < -0.39 is 10.0 Å². The second kappa shape index (κ2) is 9.13. The van der Waals surface area contributed by atoms with E-state index in [1.54, 1.807) is 18.3 Å². The molecule has 4 rings (SSSR count). The average Bonchev–Trinajstić information content (AvgIpc) is 3.49. The van der Waals surface area contributed by atoms with Crippen LogP contribution in [-0.2, 0) is 21.2 Å². The van der Waals surface area contributed by atoms with Crippen molar-refractivity contribution in [3.8, 4) is 11.4 Å². The highest BCUT2D eigenvalue weighted by molar-refractivity contribution is 7.89. The lowest BCUT2D eigenvalue weighted by atomic mass is 10.1. The highest BCUT2D eigenvalue weighted by atomic mass is 32.2. The predicted octanol–water partition coefficient (Wildman–Crippen LogP) is 2.80. The van der Waals surface area contributed by atoms with Crippen LogP contribution in [0.15, 0.2) is 41.4 Å². The molecule has 31 heavy (non-hydrogen) atoms. The fraction of sp³-hybridized carbons (Fsp3) is 0.381. The second-order valence-electron chi connectivity index (χ2n) is 7.60. The Bertz CT molecular complexity index is 1140. The summed E-state index contributed by atoms with van der Waals surface area (Å²) in [5.41, 5.74) is 3.40. The van der Waals surface area contributed by atoms with E-state index in [1.807, 2.05) is 13.0 Å². The van der Waals surface area contributed by atoms with E-state index in [2.05, 4.69) is 30.0 Å². The van der Waals surface area contributed by atoms with Gasteiger partial charge in [0, 0.05) is 31.2 Å². The molecule has 164 valence electrons. The molecule has 3 N–H and O–H groups in total. The first-order chi connectivity index (χ1) is 14.9. The van der Waals surface area contributed by atoms with Crippen molar-refractivity contribution in [2.75, 3.05) is 25.6 Å². The van der Waals surface area contributed by atoms with Crippen LogP contribution in [-0.4, -0.2) is 48.6 Å². The Balaban J connectivity index is 1.48. The molecule has 0 amide bonds. The Hall–Kier alpha value is -2.82. The maximum atomic E-state index is 12.3. The number of nitrogens with one attached hydrogen (secondary N) is 3. The van der Waals surface area contributed by atoms with Gasteiger partial charge < -0.3 is 15.0 Å². The zero-order valence-electron chi connectivity index (χ0n) is 17.6.